The second-order valence-corrected chi connectivity index (χ2v) is 8.04. The van der Waals surface area contributed by atoms with E-state index in [9.17, 15) is 0 Å². The zero-order valence-electron chi connectivity index (χ0n) is 17.6. The Balaban J connectivity index is 0. The van der Waals surface area contributed by atoms with Gasteiger partial charge in [0.1, 0.15) is 0 Å². The van der Waals surface area contributed by atoms with Crippen LogP contribution in [0.25, 0.3) is 0 Å². The van der Waals surface area contributed by atoms with Gasteiger partial charge in [-0.2, -0.15) is 0 Å². The minimum absolute atomic E-state index is 0. The molecule has 0 radical (unpaired) electrons. The molecule has 0 unspecified atom stereocenters. The summed E-state index contributed by atoms with van der Waals surface area (Å²) < 4.78 is 0. The predicted molar refractivity (Wildman–Crippen MR) is 111 cm³/mol. The van der Waals surface area contributed by atoms with Crippen molar-refractivity contribution >= 4 is 0 Å². The number of quaternary nitrogens is 1. The third-order valence-electron chi connectivity index (χ3n) is 5.09. The Bertz CT molecular complexity index is 240. The van der Waals surface area contributed by atoms with Crippen LogP contribution < -0.4 is 17.3 Å². The smallest absolute Gasteiger partial charge is 0.0766 e. The van der Waals surface area contributed by atoms with Crippen molar-refractivity contribution in [3.8, 4) is 0 Å². The van der Waals surface area contributed by atoms with Crippen LogP contribution in [0.4, 0.5) is 0 Å². The number of allylic oxidation sites excluding steroid dienone is 1. The van der Waals surface area contributed by atoms with Crippen molar-refractivity contribution in [3.05, 3.63) is 12.7 Å². The fourth-order valence-electron chi connectivity index (χ4n) is 3.42. The number of halogens is 1. The Morgan fingerprint density at radius 1 is 0.520 bits per heavy atom. The van der Waals surface area contributed by atoms with E-state index >= 15 is 0 Å². The van der Waals surface area contributed by atoms with Gasteiger partial charge in [-0.1, -0.05) is 96.0 Å². The van der Waals surface area contributed by atoms with Crippen molar-refractivity contribution in [2.45, 2.75) is 116 Å². The zero-order valence-corrected chi connectivity index (χ0v) is 18.4. The summed E-state index contributed by atoms with van der Waals surface area (Å²) in [5.74, 6) is 0. The standard InChI is InChI=1S/C23H47N.ClH/c1-4-5-6-7-8-9-10-11-12-13-14-15-16-17-18-19-20-21-22-23-24(2)3;/h4H,1,5-23H2,2-3H3;1H. The van der Waals surface area contributed by atoms with E-state index in [1.165, 1.54) is 122 Å². The van der Waals surface area contributed by atoms with Crippen molar-refractivity contribution in [3.63, 3.8) is 0 Å². The molecule has 0 aromatic heterocycles. The van der Waals surface area contributed by atoms with Gasteiger partial charge in [-0.25, -0.2) is 0 Å². The summed E-state index contributed by atoms with van der Waals surface area (Å²) in [6.07, 6.45) is 27.9. The molecular formula is C23H48ClN. The van der Waals surface area contributed by atoms with Gasteiger partial charge >= 0.3 is 0 Å². The van der Waals surface area contributed by atoms with Gasteiger partial charge in [0.25, 0.3) is 0 Å². The van der Waals surface area contributed by atoms with E-state index in [0.29, 0.717) is 0 Å². The van der Waals surface area contributed by atoms with Crippen LogP contribution in [0.1, 0.15) is 116 Å². The maximum absolute atomic E-state index is 3.78. The maximum atomic E-state index is 3.78. The van der Waals surface area contributed by atoms with Gasteiger partial charge in [-0.15, -0.1) is 6.58 Å². The van der Waals surface area contributed by atoms with Gasteiger partial charge in [0.2, 0.25) is 0 Å². The lowest BCUT2D eigenvalue weighted by molar-refractivity contribution is -0.858. The molecule has 1 nitrogen and oxygen atoms in total. The van der Waals surface area contributed by atoms with Crippen LogP contribution >= 0.6 is 0 Å². The first-order valence-electron chi connectivity index (χ1n) is 11.2. The minimum Gasteiger partial charge on any atom is -1.00 e. The van der Waals surface area contributed by atoms with E-state index in [1.807, 2.05) is 6.08 Å². The first-order chi connectivity index (χ1) is 11.8. The molecule has 0 aromatic carbocycles. The number of hydrogen-bond donors (Lipinski definition) is 1. The fraction of sp³-hybridized carbons (Fsp3) is 0.913. The summed E-state index contributed by atoms with van der Waals surface area (Å²) in [6, 6.07) is 0. The molecule has 0 heterocycles. The lowest BCUT2D eigenvalue weighted by Gasteiger charge is -2.06. The Morgan fingerprint density at radius 2 is 0.800 bits per heavy atom. The van der Waals surface area contributed by atoms with Gasteiger partial charge in [0.15, 0.2) is 0 Å². The number of hydrogen-bond acceptors (Lipinski definition) is 0. The van der Waals surface area contributed by atoms with Crippen LogP contribution in [0, 0.1) is 0 Å². The van der Waals surface area contributed by atoms with Gasteiger partial charge in [0.05, 0.1) is 20.6 Å². The number of rotatable bonds is 20. The molecule has 0 bridgehead atoms. The first kappa shape index (κ1) is 27.2. The fourth-order valence-corrected chi connectivity index (χ4v) is 3.42. The van der Waals surface area contributed by atoms with Crippen LogP contribution in [0.3, 0.4) is 0 Å². The highest BCUT2D eigenvalue weighted by molar-refractivity contribution is 4.65. The quantitative estimate of drug-likeness (QED) is 0.246. The molecule has 0 saturated heterocycles. The average molecular weight is 374 g/mol. The lowest BCUT2D eigenvalue weighted by atomic mass is 10.0. The number of nitrogens with one attached hydrogen (secondary N) is 1. The highest BCUT2D eigenvalue weighted by Gasteiger charge is 1.96. The van der Waals surface area contributed by atoms with Crippen LogP contribution in [-0.2, 0) is 0 Å². The van der Waals surface area contributed by atoms with Gasteiger partial charge in [-0.3, -0.25) is 0 Å². The summed E-state index contributed by atoms with van der Waals surface area (Å²) in [5.41, 5.74) is 0. The second kappa shape index (κ2) is 24.0. The minimum atomic E-state index is 0. The summed E-state index contributed by atoms with van der Waals surface area (Å²) in [7, 11) is 4.51. The number of unbranched alkanes of at least 4 members (excludes halogenated alkanes) is 17. The van der Waals surface area contributed by atoms with Crippen molar-refractivity contribution in [1.29, 1.82) is 0 Å². The Labute approximate surface area is 166 Å². The molecule has 25 heavy (non-hydrogen) atoms. The SMILES string of the molecule is C=CCCCCCCCCCCCCCCCCCCC[NH+](C)C.[Cl-]. The average Bonchev–Trinajstić information content (AvgIpc) is 2.56. The van der Waals surface area contributed by atoms with Crippen molar-refractivity contribution < 1.29 is 17.3 Å². The lowest BCUT2D eigenvalue weighted by Crippen LogP contribution is -3.05. The molecule has 0 aliphatic heterocycles. The van der Waals surface area contributed by atoms with Gasteiger partial charge < -0.3 is 17.3 Å². The topological polar surface area (TPSA) is 4.44 Å². The largest absolute Gasteiger partial charge is 1.00 e. The van der Waals surface area contributed by atoms with E-state index in [2.05, 4.69) is 20.7 Å². The monoisotopic (exact) mass is 373 g/mol. The summed E-state index contributed by atoms with van der Waals surface area (Å²) in [4.78, 5) is 1.60. The molecule has 0 spiro atoms. The Hall–Kier alpha value is -0.0100. The van der Waals surface area contributed by atoms with Crippen LogP contribution in [0.5, 0.6) is 0 Å². The molecule has 0 rings (SSSR count). The summed E-state index contributed by atoms with van der Waals surface area (Å²) >= 11 is 0. The van der Waals surface area contributed by atoms with Crippen LogP contribution in [0.15, 0.2) is 12.7 Å². The molecule has 0 amide bonds. The van der Waals surface area contributed by atoms with E-state index in [0.717, 1.165) is 0 Å². The summed E-state index contributed by atoms with van der Waals surface area (Å²) in [6.45, 7) is 5.12. The van der Waals surface area contributed by atoms with Crippen molar-refractivity contribution in [2.75, 3.05) is 20.6 Å². The molecule has 0 aromatic rings. The first-order valence-corrected chi connectivity index (χ1v) is 11.2. The Morgan fingerprint density at radius 3 is 1.08 bits per heavy atom. The molecule has 2 heteroatoms. The van der Waals surface area contributed by atoms with E-state index in [1.54, 1.807) is 4.90 Å². The van der Waals surface area contributed by atoms with Crippen molar-refractivity contribution in [1.82, 2.24) is 0 Å². The molecule has 0 aliphatic carbocycles. The predicted octanol–water partition coefficient (Wildman–Crippen LogP) is 3.34. The van der Waals surface area contributed by atoms with Gasteiger partial charge in [0, 0.05) is 0 Å². The van der Waals surface area contributed by atoms with Crippen molar-refractivity contribution in [2.24, 2.45) is 0 Å². The van der Waals surface area contributed by atoms with E-state index < -0.39 is 0 Å². The van der Waals surface area contributed by atoms with Crippen LogP contribution in [-0.4, -0.2) is 20.6 Å². The molecule has 1 N–H and O–H groups in total. The molecule has 0 aliphatic rings. The zero-order chi connectivity index (χ0) is 17.7. The highest BCUT2D eigenvalue weighted by atomic mass is 35.5. The third-order valence-corrected chi connectivity index (χ3v) is 5.09. The van der Waals surface area contributed by atoms with Crippen LogP contribution in [0.2, 0.25) is 0 Å². The summed E-state index contributed by atoms with van der Waals surface area (Å²) in [5, 5.41) is 0. The normalized spacial score (nSPS) is 10.8. The molecule has 0 atom stereocenters. The van der Waals surface area contributed by atoms with Gasteiger partial charge in [-0.05, 0) is 25.7 Å². The third kappa shape index (κ3) is 26.3. The maximum Gasteiger partial charge on any atom is 0.0766 e. The van der Waals surface area contributed by atoms with E-state index in [-0.39, 0.29) is 12.4 Å². The molecule has 0 saturated carbocycles. The molecule has 0 fully saturated rings. The molecular weight excluding hydrogens is 326 g/mol. The molecule has 152 valence electrons. The highest BCUT2D eigenvalue weighted by Crippen LogP contribution is 2.14. The Kier molecular flexibility index (Phi) is 26.1. The second-order valence-electron chi connectivity index (χ2n) is 8.04. The van der Waals surface area contributed by atoms with E-state index in [4.69, 9.17) is 0 Å².